The molecule has 17 heavy (non-hydrogen) atoms. The van der Waals surface area contributed by atoms with E-state index in [-0.39, 0.29) is 0 Å². The van der Waals surface area contributed by atoms with Gasteiger partial charge in [0.15, 0.2) is 0 Å². The lowest BCUT2D eigenvalue weighted by Gasteiger charge is -2.37. The van der Waals surface area contributed by atoms with Crippen molar-refractivity contribution >= 4 is 21.8 Å². The van der Waals surface area contributed by atoms with Crippen LogP contribution >= 0.6 is 15.9 Å². The van der Waals surface area contributed by atoms with E-state index < -0.39 is 0 Å². The van der Waals surface area contributed by atoms with Crippen LogP contribution in [0.5, 0.6) is 0 Å². The van der Waals surface area contributed by atoms with Crippen molar-refractivity contribution in [1.82, 2.24) is 4.90 Å². The van der Waals surface area contributed by atoms with E-state index in [9.17, 15) is 4.79 Å². The van der Waals surface area contributed by atoms with Gasteiger partial charge in [0, 0.05) is 23.8 Å². The molecule has 0 aromatic rings. The second-order valence-corrected chi connectivity index (χ2v) is 6.17. The van der Waals surface area contributed by atoms with Gasteiger partial charge in [0.2, 0.25) is 5.91 Å². The lowest BCUT2D eigenvalue weighted by Crippen LogP contribution is -2.47. The zero-order valence-corrected chi connectivity index (χ0v) is 12.3. The van der Waals surface area contributed by atoms with Crippen molar-refractivity contribution in [2.75, 3.05) is 11.9 Å². The van der Waals surface area contributed by atoms with Crippen LogP contribution in [0.1, 0.15) is 57.8 Å². The number of piperidine rings is 1. The number of nitrogens with zero attached hydrogens (tertiary/aromatic N) is 1. The Morgan fingerprint density at radius 3 is 2.29 bits per heavy atom. The molecule has 1 heterocycles. The van der Waals surface area contributed by atoms with Crippen LogP contribution in [0, 0.1) is 5.92 Å². The van der Waals surface area contributed by atoms with E-state index in [1.54, 1.807) is 0 Å². The molecule has 98 valence electrons. The average molecular weight is 302 g/mol. The van der Waals surface area contributed by atoms with Crippen LogP contribution in [0.2, 0.25) is 0 Å². The molecule has 1 unspecified atom stereocenters. The summed E-state index contributed by atoms with van der Waals surface area (Å²) in [6.45, 7) is 0.992. The third-order valence-electron chi connectivity index (χ3n) is 4.29. The molecular weight excluding hydrogens is 278 g/mol. The fourth-order valence-corrected chi connectivity index (χ4v) is 3.89. The van der Waals surface area contributed by atoms with Gasteiger partial charge < -0.3 is 4.90 Å². The van der Waals surface area contributed by atoms with E-state index in [2.05, 4.69) is 20.8 Å². The van der Waals surface area contributed by atoms with Crippen molar-refractivity contribution in [2.24, 2.45) is 5.92 Å². The Hall–Kier alpha value is -0.0500. The number of hydrogen-bond acceptors (Lipinski definition) is 1. The van der Waals surface area contributed by atoms with E-state index in [1.807, 2.05) is 0 Å². The Bertz CT molecular complexity index is 249. The number of rotatable bonds is 2. The van der Waals surface area contributed by atoms with Crippen molar-refractivity contribution in [3.8, 4) is 0 Å². The molecule has 0 N–H and O–H groups in total. The second kappa shape index (κ2) is 6.77. The summed E-state index contributed by atoms with van der Waals surface area (Å²) in [7, 11) is 0. The number of alkyl halides is 1. The van der Waals surface area contributed by atoms with Crippen LogP contribution < -0.4 is 0 Å². The minimum Gasteiger partial charge on any atom is -0.339 e. The van der Waals surface area contributed by atoms with Gasteiger partial charge in [-0.25, -0.2) is 0 Å². The zero-order chi connectivity index (χ0) is 12.1. The second-order valence-electron chi connectivity index (χ2n) is 5.52. The molecule has 1 aliphatic carbocycles. The van der Waals surface area contributed by atoms with Crippen molar-refractivity contribution in [3.05, 3.63) is 0 Å². The topological polar surface area (TPSA) is 20.3 Å². The predicted molar refractivity (Wildman–Crippen MR) is 74.3 cm³/mol. The summed E-state index contributed by atoms with van der Waals surface area (Å²) in [5, 5.41) is 0.950. The molecule has 1 amide bonds. The maximum atomic E-state index is 12.6. The van der Waals surface area contributed by atoms with Gasteiger partial charge in [-0.2, -0.15) is 0 Å². The molecule has 2 nitrogen and oxygen atoms in total. The maximum absolute atomic E-state index is 12.6. The molecule has 2 rings (SSSR count). The van der Waals surface area contributed by atoms with Gasteiger partial charge in [-0.05, 0) is 32.1 Å². The van der Waals surface area contributed by atoms with Gasteiger partial charge in [0.25, 0.3) is 0 Å². The van der Waals surface area contributed by atoms with Crippen molar-refractivity contribution in [3.63, 3.8) is 0 Å². The number of hydrogen-bond donors (Lipinski definition) is 0. The first-order valence-corrected chi connectivity index (χ1v) is 8.31. The fraction of sp³-hybridized carbons (Fsp3) is 0.929. The number of carbonyl (C=O) groups excluding carboxylic acids is 1. The number of carbonyl (C=O) groups is 1. The minimum absolute atomic E-state index is 0.331. The van der Waals surface area contributed by atoms with Gasteiger partial charge in [0.1, 0.15) is 0 Å². The lowest BCUT2D eigenvalue weighted by molar-refractivity contribution is -0.139. The van der Waals surface area contributed by atoms with Crippen LogP contribution in [-0.4, -0.2) is 28.7 Å². The first-order valence-electron chi connectivity index (χ1n) is 7.19. The lowest BCUT2D eigenvalue weighted by atomic mass is 9.95. The molecule has 3 heteroatoms. The fourth-order valence-electron chi connectivity index (χ4n) is 3.21. The Balaban J connectivity index is 1.96. The van der Waals surface area contributed by atoms with Gasteiger partial charge in [-0.1, -0.05) is 41.6 Å². The van der Waals surface area contributed by atoms with E-state index in [1.165, 1.54) is 44.9 Å². The first-order chi connectivity index (χ1) is 8.33. The number of amides is 1. The summed E-state index contributed by atoms with van der Waals surface area (Å²) in [5.41, 5.74) is 0. The average Bonchev–Trinajstić information content (AvgIpc) is 2.66. The standard InChI is InChI=1S/C14H24BrNO/c15-11-13-9-5-6-10-16(13)14(17)12-7-3-1-2-4-8-12/h12-13H,1-11H2. The third kappa shape index (κ3) is 3.46. The van der Waals surface area contributed by atoms with E-state index in [0.29, 0.717) is 17.9 Å². The molecular formula is C14H24BrNO. The molecule has 2 aliphatic rings. The molecule has 0 radical (unpaired) electrons. The molecule has 0 bridgehead atoms. The number of likely N-dealkylation sites (tertiary alicyclic amines) is 1. The molecule has 2 fully saturated rings. The van der Waals surface area contributed by atoms with E-state index >= 15 is 0 Å². The van der Waals surface area contributed by atoms with Crippen molar-refractivity contribution < 1.29 is 4.79 Å². The van der Waals surface area contributed by atoms with Crippen molar-refractivity contribution in [2.45, 2.75) is 63.8 Å². The molecule has 0 aromatic carbocycles. The summed E-state index contributed by atoms with van der Waals surface area (Å²) < 4.78 is 0. The third-order valence-corrected chi connectivity index (χ3v) is 5.04. The minimum atomic E-state index is 0.331. The summed E-state index contributed by atoms with van der Waals surface area (Å²) >= 11 is 3.57. The summed E-state index contributed by atoms with van der Waals surface area (Å²) in [6, 6.07) is 0.458. The highest BCUT2D eigenvalue weighted by atomic mass is 79.9. The molecule has 1 atom stereocenters. The molecule has 1 saturated heterocycles. The summed E-state index contributed by atoms with van der Waals surface area (Å²) in [6.07, 6.45) is 11.1. The van der Waals surface area contributed by atoms with E-state index in [4.69, 9.17) is 0 Å². The van der Waals surface area contributed by atoms with Crippen LogP contribution in [-0.2, 0) is 4.79 Å². The molecule has 1 aliphatic heterocycles. The maximum Gasteiger partial charge on any atom is 0.225 e. The normalized spacial score (nSPS) is 27.8. The Labute approximate surface area is 113 Å². The molecule has 0 spiro atoms. The van der Waals surface area contributed by atoms with Crippen molar-refractivity contribution in [1.29, 1.82) is 0 Å². The summed E-state index contributed by atoms with van der Waals surface area (Å²) in [5.74, 6) is 0.785. The zero-order valence-electron chi connectivity index (χ0n) is 10.7. The highest BCUT2D eigenvalue weighted by Gasteiger charge is 2.30. The number of halogens is 1. The van der Waals surface area contributed by atoms with Gasteiger partial charge in [0.05, 0.1) is 0 Å². The Morgan fingerprint density at radius 2 is 1.65 bits per heavy atom. The predicted octanol–water partition coefficient (Wildman–Crippen LogP) is 3.73. The SMILES string of the molecule is O=C(C1CCCCCC1)N1CCCCC1CBr. The van der Waals surface area contributed by atoms with Crippen LogP contribution in [0.3, 0.4) is 0 Å². The Morgan fingerprint density at radius 1 is 1.00 bits per heavy atom. The molecule has 0 aromatic heterocycles. The first kappa shape index (κ1) is 13.4. The van der Waals surface area contributed by atoms with Gasteiger partial charge in [-0.3, -0.25) is 4.79 Å². The Kier molecular flexibility index (Phi) is 5.33. The quantitative estimate of drug-likeness (QED) is 0.562. The molecule has 1 saturated carbocycles. The van der Waals surface area contributed by atoms with Crippen LogP contribution in [0.4, 0.5) is 0 Å². The smallest absolute Gasteiger partial charge is 0.225 e. The highest BCUT2D eigenvalue weighted by molar-refractivity contribution is 9.09. The van der Waals surface area contributed by atoms with E-state index in [0.717, 1.165) is 24.7 Å². The van der Waals surface area contributed by atoms with Crippen LogP contribution in [0.15, 0.2) is 0 Å². The summed E-state index contributed by atoms with van der Waals surface area (Å²) in [4.78, 5) is 14.8. The highest BCUT2D eigenvalue weighted by Crippen LogP contribution is 2.28. The van der Waals surface area contributed by atoms with Gasteiger partial charge >= 0.3 is 0 Å². The largest absolute Gasteiger partial charge is 0.339 e. The monoisotopic (exact) mass is 301 g/mol. The van der Waals surface area contributed by atoms with Crippen LogP contribution in [0.25, 0.3) is 0 Å². The van der Waals surface area contributed by atoms with Gasteiger partial charge in [-0.15, -0.1) is 0 Å².